The molecule has 0 heterocycles. The van der Waals surface area contributed by atoms with E-state index in [4.69, 9.17) is 14.9 Å². The highest BCUT2D eigenvalue weighted by atomic mass is 16.5. The predicted octanol–water partition coefficient (Wildman–Crippen LogP) is 0.668. The van der Waals surface area contributed by atoms with Gasteiger partial charge in [-0.1, -0.05) is 32.9 Å². The molecule has 2 amide bonds. The number of aliphatic hydroxyl groups is 2. The minimum absolute atomic E-state index is 0.0862. The van der Waals surface area contributed by atoms with E-state index in [1.807, 2.05) is 20.8 Å². The molecule has 0 saturated carbocycles. The van der Waals surface area contributed by atoms with Gasteiger partial charge in [0.1, 0.15) is 19.8 Å². The normalized spacial score (nSPS) is 11.0. The van der Waals surface area contributed by atoms with Crippen LogP contribution in [-0.4, -0.2) is 71.6 Å². The van der Waals surface area contributed by atoms with Crippen LogP contribution >= 0.6 is 0 Å². The van der Waals surface area contributed by atoms with Crippen molar-refractivity contribution in [3.63, 3.8) is 0 Å². The first kappa shape index (κ1) is 26.3. The minimum atomic E-state index is -0.792. The van der Waals surface area contributed by atoms with Crippen LogP contribution in [0, 0.1) is 5.41 Å². The number of aliphatic hydroxyl groups excluding tert-OH is 2. The number of benzene rings is 1. The molecule has 0 saturated heterocycles. The van der Waals surface area contributed by atoms with Crippen LogP contribution in [0.15, 0.2) is 24.3 Å². The zero-order valence-electron chi connectivity index (χ0n) is 18.3. The molecule has 0 aliphatic heterocycles. The smallest absolute Gasteiger partial charge is 0.331 e. The fourth-order valence-electron chi connectivity index (χ4n) is 2.62. The lowest BCUT2D eigenvalue weighted by Crippen LogP contribution is -2.36. The maximum absolute atomic E-state index is 13.0. The Labute approximate surface area is 182 Å². The van der Waals surface area contributed by atoms with Crippen molar-refractivity contribution in [3.05, 3.63) is 35.4 Å². The van der Waals surface area contributed by atoms with Gasteiger partial charge in [-0.2, -0.15) is 0 Å². The summed E-state index contributed by atoms with van der Waals surface area (Å²) in [6.45, 7) is 4.62. The molecule has 9 nitrogen and oxygen atoms in total. The fraction of sp³-hybridized carbons (Fsp3) is 0.545. The lowest BCUT2D eigenvalue weighted by atomic mass is 9.95. The third-order valence-corrected chi connectivity index (χ3v) is 4.41. The molecular formula is C22H32N2O7. The Balaban J connectivity index is 2.84. The third kappa shape index (κ3) is 9.71. The fourth-order valence-corrected chi connectivity index (χ4v) is 2.62. The summed E-state index contributed by atoms with van der Waals surface area (Å²) in [7, 11) is 0. The quantitative estimate of drug-likeness (QED) is 0.410. The molecule has 0 radical (unpaired) electrons. The van der Waals surface area contributed by atoms with E-state index in [1.165, 1.54) is 4.90 Å². The molecule has 9 heteroatoms. The van der Waals surface area contributed by atoms with Gasteiger partial charge in [-0.25, -0.2) is 4.79 Å². The Bertz CT molecular complexity index is 749. The Kier molecular flexibility index (Phi) is 10.8. The first-order valence-electron chi connectivity index (χ1n) is 10.1. The number of nitrogens with zero attached hydrogens (tertiary/aromatic N) is 1. The van der Waals surface area contributed by atoms with Crippen LogP contribution < -0.4 is 5.32 Å². The molecule has 0 unspecified atom stereocenters. The molecule has 0 aliphatic rings. The number of carbonyl (C=O) groups is 4. The highest BCUT2D eigenvalue weighted by Crippen LogP contribution is 2.14. The number of Topliss-reactive ketones (excluding diaryl/α,β-unsaturated/α-hetero) is 1. The van der Waals surface area contributed by atoms with E-state index < -0.39 is 24.6 Å². The van der Waals surface area contributed by atoms with Crippen molar-refractivity contribution in [2.24, 2.45) is 5.41 Å². The lowest BCUT2D eigenvalue weighted by Gasteiger charge is -2.23. The van der Waals surface area contributed by atoms with Gasteiger partial charge in [0.15, 0.2) is 5.78 Å². The molecule has 0 bridgehead atoms. The highest BCUT2D eigenvalue weighted by molar-refractivity contribution is 5.94. The second kappa shape index (κ2) is 12.8. The van der Waals surface area contributed by atoms with Gasteiger partial charge in [-0.15, -0.1) is 0 Å². The van der Waals surface area contributed by atoms with E-state index in [1.54, 1.807) is 24.3 Å². The average molecular weight is 437 g/mol. The van der Waals surface area contributed by atoms with Crippen molar-refractivity contribution in [2.75, 3.05) is 32.9 Å². The lowest BCUT2D eigenvalue weighted by molar-refractivity contribution is -0.147. The first-order chi connectivity index (χ1) is 14.6. The van der Waals surface area contributed by atoms with Crippen LogP contribution in [0.2, 0.25) is 0 Å². The Morgan fingerprint density at radius 1 is 1.06 bits per heavy atom. The van der Waals surface area contributed by atoms with Gasteiger partial charge < -0.3 is 25.2 Å². The summed E-state index contributed by atoms with van der Waals surface area (Å²) in [6, 6.07) is 6.83. The number of esters is 1. The SMILES string of the molecule is CC(C)(C)C(=O)NCc1cccc(C(=O)N(CCCC(=O)CO)CCOC(=O)CO)c1. The van der Waals surface area contributed by atoms with Gasteiger partial charge in [0.2, 0.25) is 5.91 Å². The number of hydrogen-bond donors (Lipinski definition) is 3. The topological polar surface area (TPSA) is 133 Å². The molecule has 0 aliphatic carbocycles. The number of ketones is 1. The minimum Gasteiger partial charge on any atom is -0.462 e. The van der Waals surface area contributed by atoms with Gasteiger partial charge in [0, 0.05) is 30.5 Å². The van der Waals surface area contributed by atoms with E-state index in [0.29, 0.717) is 12.0 Å². The van der Waals surface area contributed by atoms with Gasteiger partial charge in [0.25, 0.3) is 5.91 Å². The van der Waals surface area contributed by atoms with Crippen molar-refractivity contribution in [1.82, 2.24) is 10.2 Å². The zero-order valence-corrected chi connectivity index (χ0v) is 18.3. The molecule has 1 rings (SSSR count). The van der Waals surface area contributed by atoms with Crippen LogP contribution in [0.1, 0.15) is 49.5 Å². The first-order valence-corrected chi connectivity index (χ1v) is 10.1. The number of nitrogens with one attached hydrogen (secondary N) is 1. The number of carbonyl (C=O) groups excluding carboxylic acids is 4. The Morgan fingerprint density at radius 2 is 1.77 bits per heavy atom. The van der Waals surface area contributed by atoms with Crippen molar-refractivity contribution in [2.45, 2.75) is 40.2 Å². The zero-order chi connectivity index (χ0) is 23.4. The van der Waals surface area contributed by atoms with Crippen molar-refractivity contribution in [1.29, 1.82) is 0 Å². The number of rotatable bonds is 12. The molecular weight excluding hydrogens is 404 g/mol. The monoisotopic (exact) mass is 436 g/mol. The average Bonchev–Trinajstić information content (AvgIpc) is 2.74. The largest absolute Gasteiger partial charge is 0.462 e. The summed E-state index contributed by atoms with van der Waals surface area (Å²) in [5, 5.41) is 20.4. The van der Waals surface area contributed by atoms with Crippen LogP contribution in [0.3, 0.4) is 0 Å². The van der Waals surface area contributed by atoms with E-state index in [9.17, 15) is 19.2 Å². The second-order valence-corrected chi connectivity index (χ2v) is 8.10. The molecule has 0 atom stereocenters. The molecule has 31 heavy (non-hydrogen) atoms. The third-order valence-electron chi connectivity index (χ3n) is 4.41. The van der Waals surface area contributed by atoms with Crippen molar-refractivity contribution < 1.29 is 34.1 Å². The Hall–Kier alpha value is -2.78. The van der Waals surface area contributed by atoms with Gasteiger partial charge >= 0.3 is 5.97 Å². The van der Waals surface area contributed by atoms with Gasteiger partial charge in [-0.3, -0.25) is 14.4 Å². The molecule has 1 aromatic carbocycles. The standard InChI is InChI=1S/C22H32N2O7/c1-22(2,3)21(30)23-13-16-6-4-7-17(12-16)20(29)24(9-5-8-18(27)14-25)10-11-31-19(28)15-26/h4,6-7,12,25-26H,5,8-11,13-15H2,1-3H3,(H,23,30). The summed E-state index contributed by atoms with van der Waals surface area (Å²) < 4.78 is 4.84. The molecule has 0 fully saturated rings. The number of ether oxygens (including phenoxy) is 1. The second-order valence-electron chi connectivity index (χ2n) is 8.10. The van der Waals surface area contributed by atoms with Crippen LogP contribution in [0.25, 0.3) is 0 Å². The van der Waals surface area contributed by atoms with E-state index in [0.717, 1.165) is 5.56 Å². The molecule has 3 N–H and O–H groups in total. The van der Waals surface area contributed by atoms with Crippen molar-refractivity contribution in [3.8, 4) is 0 Å². The Morgan fingerprint density at radius 3 is 2.39 bits per heavy atom. The van der Waals surface area contributed by atoms with E-state index in [-0.39, 0.29) is 50.3 Å². The summed E-state index contributed by atoms with van der Waals surface area (Å²) in [5.74, 6) is -1.54. The van der Waals surface area contributed by atoms with Crippen LogP contribution in [0.5, 0.6) is 0 Å². The molecule has 0 aromatic heterocycles. The molecule has 172 valence electrons. The number of amides is 2. The van der Waals surface area contributed by atoms with E-state index in [2.05, 4.69) is 5.32 Å². The predicted molar refractivity (Wildman–Crippen MR) is 113 cm³/mol. The van der Waals surface area contributed by atoms with Gasteiger partial charge in [-0.05, 0) is 24.1 Å². The summed E-state index contributed by atoms with van der Waals surface area (Å²) in [5.41, 5.74) is 0.623. The van der Waals surface area contributed by atoms with Crippen LogP contribution in [0.4, 0.5) is 0 Å². The molecule has 1 aromatic rings. The highest BCUT2D eigenvalue weighted by Gasteiger charge is 2.21. The van der Waals surface area contributed by atoms with Gasteiger partial charge in [0.05, 0.1) is 6.54 Å². The van der Waals surface area contributed by atoms with E-state index >= 15 is 0 Å². The summed E-state index contributed by atoms with van der Waals surface area (Å²) in [6.07, 6.45) is 0.468. The maximum Gasteiger partial charge on any atom is 0.331 e. The summed E-state index contributed by atoms with van der Waals surface area (Å²) >= 11 is 0. The van der Waals surface area contributed by atoms with Crippen molar-refractivity contribution >= 4 is 23.6 Å². The summed E-state index contributed by atoms with van der Waals surface area (Å²) in [4.78, 5) is 49.0. The maximum atomic E-state index is 13.0. The molecule has 0 spiro atoms. The number of hydrogen-bond acceptors (Lipinski definition) is 7. The van der Waals surface area contributed by atoms with Crippen LogP contribution in [-0.2, 0) is 25.7 Å².